The van der Waals surface area contributed by atoms with Crippen LogP contribution in [0.4, 0.5) is 0 Å². The summed E-state index contributed by atoms with van der Waals surface area (Å²) in [6.07, 6.45) is 2.98. The van der Waals surface area contributed by atoms with Gasteiger partial charge in [-0.2, -0.15) is 5.10 Å². The Labute approximate surface area is 124 Å². The summed E-state index contributed by atoms with van der Waals surface area (Å²) in [5.74, 6) is 5.59. The lowest BCUT2D eigenvalue weighted by Crippen LogP contribution is -2.27. The maximum atomic E-state index is 12.2. The van der Waals surface area contributed by atoms with E-state index in [4.69, 9.17) is 5.84 Å². The molecular formula is C15H12N6O. The minimum Gasteiger partial charge on any atom is -0.335 e. The number of pyridine rings is 1. The Kier molecular flexibility index (Phi) is 2.50. The molecule has 0 unspecified atom stereocenters. The van der Waals surface area contributed by atoms with E-state index in [-0.39, 0.29) is 5.56 Å². The van der Waals surface area contributed by atoms with Gasteiger partial charge >= 0.3 is 0 Å². The Hall–Kier alpha value is -3.22. The Balaban J connectivity index is 2.15. The molecule has 0 saturated heterocycles. The fourth-order valence-corrected chi connectivity index (χ4v) is 2.59. The van der Waals surface area contributed by atoms with Crippen LogP contribution in [0.5, 0.6) is 0 Å². The van der Waals surface area contributed by atoms with Gasteiger partial charge in [-0.3, -0.25) is 4.79 Å². The van der Waals surface area contributed by atoms with E-state index in [1.54, 1.807) is 17.8 Å². The highest BCUT2D eigenvalue weighted by Crippen LogP contribution is 2.23. The van der Waals surface area contributed by atoms with Crippen molar-refractivity contribution in [3.63, 3.8) is 0 Å². The van der Waals surface area contributed by atoms with E-state index in [0.717, 1.165) is 15.7 Å². The molecule has 0 radical (unpaired) electrons. The summed E-state index contributed by atoms with van der Waals surface area (Å²) in [7, 11) is 0. The van der Waals surface area contributed by atoms with Gasteiger partial charge in [-0.15, -0.1) is 0 Å². The molecule has 4 rings (SSSR count). The number of aryl methyl sites for hydroxylation is 1. The predicted octanol–water partition coefficient (Wildman–Crippen LogP) is 1.15. The highest BCUT2D eigenvalue weighted by Gasteiger charge is 2.15. The monoisotopic (exact) mass is 292 g/mol. The molecule has 0 spiro atoms. The van der Waals surface area contributed by atoms with Gasteiger partial charge in [0.25, 0.3) is 5.56 Å². The summed E-state index contributed by atoms with van der Waals surface area (Å²) in [4.78, 5) is 21.0. The van der Waals surface area contributed by atoms with Crippen LogP contribution >= 0.6 is 0 Å². The van der Waals surface area contributed by atoms with E-state index in [9.17, 15) is 4.79 Å². The standard InChI is InChI=1S/C15H12N6O/c1-9-12-13(17-8-20(16)15(12)22)11-7-18-21(14(11)19-9)10-5-3-2-4-6-10/h2-8H,16H2,1H3. The summed E-state index contributed by atoms with van der Waals surface area (Å²) < 4.78 is 2.70. The van der Waals surface area contributed by atoms with Crippen LogP contribution in [0.15, 0.2) is 47.7 Å². The van der Waals surface area contributed by atoms with E-state index in [2.05, 4.69) is 15.1 Å². The molecule has 0 bridgehead atoms. The fraction of sp³-hybridized carbons (Fsp3) is 0.0667. The fourth-order valence-electron chi connectivity index (χ4n) is 2.59. The zero-order valence-electron chi connectivity index (χ0n) is 11.8. The minimum atomic E-state index is -0.315. The largest absolute Gasteiger partial charge is 0.335 e. The molecule has 0 saturated carbocycles. The quantitative estimate of drug-likeness (QED) is 0.531. The second kappa shape index (κ2) is 4.39. The lowest BCUT2D eigenvalue weighted by molar-refractivity contribution is 0.892. The first kappa shape index (κ1) is 12.5. The average Bonchev–Trinajstić information content (AvgIpc) is 2.95. The molecule has 4 aromatic rings. The highest BCUT2D eigenvalue weighted by atomic mass is 16.1. The van der Waals surface area contributed by atoms with Crippen molar-refractivity contribution < 1.29 is 0 Å². The van der Waals surface area contributed by atoms with Crippen molar-refractivity contribution in [3.8, 4) is 5.69 Å². The van der Waals surface area contributed by atoms with Gasteiger partial charge in [0.15, 0.2) is 5.65 Å². The lowest BCUT2D eigenvalue weighted by Gasteiger charge is -2.06. The average molecular weight is 292 g/mol. The molecule has 0 fully saturated rings. The smallest absolute Gasteiger partial charge is 0.281 e. The van der Waals surface area contributed by atoms with E-state index < -0.39 is 0 Å². The van der Waals surface area contributed by atoms with Crippen molar-refractivity contribution in [2.45, 2.75) is 6.92 Å². The summed E-state index contributed by atoms with van der Waals surface area (Å²) in [5.41, 5.74) is 2.40. The zero-order chi connectivity index (χ0) is 15.3. The first-order valence-corrected chi connectivity index (χ1v) is 6.73. The first-order valence-electron chi connectivity index (χ1n) is 6.73. The lowest BCUT2D eigenvalue weighted by atomic mass is 10.2. The van der Waals surface area contributed by atoms with Gasteiger partial charge in [0.05, 0.1) is 33.9 Å². The molecule has 3 heterocycles. The molecule has 2 N–H and O–H groups in total. The second-order valence-electron chi connectivity index (χ2n) is 5.01. The van der Waals surface area contributed by atoms with Gasteiger partial charge in [0.2, 0.25) is 0 Å². The van der Waals surface area contributed by atoms with Crippen LogP contribution in [0.2, 0.25) is 0 Å². The third kappa shape index (κ3) is 1.62. The summed E-state index contributed by atoms with van der Waals surface area (Å²) in [6.45, 7) is 1.77. The second-order valence-corrected chi connectivity index (χ2v) is 5.01. The van der Waals surface area contributed by atoms with Gasteiger partial charge in [-0.25, -0.2) is 19.3 Å². The van der Waals surface area contributed by atoms with Gasteiger partial charge in [0.1, 0.15) is 6.33 Å². The normalized spacial score (nSPS) is 11.3. The van der Waals surface area contributed by atoms with E-state index in [1.807, 2.05) is 30.3 Å². The predicted molar refractivity (Wildman–Crippen MR) is 83.3 cm³/mol. The number of nitrogens with two attached hydrogens (primary N) is 1. The third-order valence-corrected chi connectivity index (χ3v) is 3.63. The van der Waals surface area contributed by atoms with Crippen molar-refractivity contribution in [2.24, 2.45) is 0 Å². The molecule has 22 heavy (non-hydrogen) atoms. The van der Waals surface area contributed by atoms with Crippen LogP contribution in [0.3, 0.4) is 0 Å². The van der Waals surface area contributed by atoms with Crippen molar-refractivity contribution in [3.05, 3.63) is 58.9 Å². The number of aromatic nitrogens is 5. The molecule has 7 nitrogen and oxygen atoms in total. The van der Waals surface area contributed by atoms with Crippen LogP contribution in [-0.4, -0.2) is 24.4 Å². The van der Waals surface area contributed by atoms with Crippen LogP contribution in [0.1, 0.15) is 5.69 Å². The Morgan fingerprint density at radius 1 is 1.18 bits per heavy atom. The van der Waals surface area contributed by atoms with Crippen LogP contribution in [-0.2, 0) is 0 Å². The summed E-state index contributed by atoms with van der Waals surface area (Å²) in [6, 6.07) is 9.69. The molecule has 0 aliphatic carbocycles. The number of para-hydroxylation sites is 1. The molecule has 108 valence electrons. The van der Waals surface area contributed by atoms with E-state index >= 15 is 0 Å². The number of hydrogen-bond donors (Lipinski definition) is 1. The maximum Gasteiger partial charge on any atom is 0.281 e. The minimum absolute atomic E-state index is 0.315. The van der Waals surface area contributed by atoms with Gasteiger partial charge in [0, 0.05) is 0 Å². The summed E-state index contributed by atoms with van der Waals surface area (Å²) in [5, 5.41) is 5.53. The Morgan fingerprint density at radius 2 is 1.95 bits per heavy atom. The number of nitrogens with zero attached hydrogens (tertiary/aromatic N) is 5. The van der Waals surface area contributed by atoms with Gasteiger partial charge in [-0.05, 0) is 19.1 Å². The number of hydrogen-bond acceptors (Lipinski definition) is 5. The molecule has 0 atom stereocenters. The van der Waals surface area contributed by atoms with Crippen molar-refractivity contribution in [1.82, 2.24) is 24.4 Å². The third-order valence-electron chi connectivity index (χ3n) is 3.63. The van der Waals surface area contributed by atoms with Crippen molar-refractivity contribution in [1.29, 1.82) is 0 Å². The van der Waals surface area contributed by atoms with Crippen LogP contribution in [0.25, 0.3) is 27.6 Å². The van der Waals surface area contributed by atoms with Crippen LogP contribution < -0.4 is 11.4 Å². The number of fused-ring (bicyclic) bond motifs is 3. The van der Waals surface area contributed by atoms with Crippen LogP contribution in [0, 0.1) is 6.92 Å². The topological polar surface area (TPSA) is 91.6 Å². The van der Waals surface area contributed by atoms with E-state index in [0.29, 0.717) is 22.2 Å². The molecule has 0 aliphatic heterocycles. The Morgan fingerprint density at radius 3 is 2.73 bits per heavy atom. The molecule has 0 amide bonds. The SMILES string of the molecule is Cc1nc2c(cnn2-c2ccccc2)c2ncn(N)c(=O)c12. The molecule has 0 aliphatic rings. The van der Waals surface area contributed by atoms with Gasteiger partial charge < -0.3 is 5.84 Å². The number of nitrogen functional groups attached to an aromatic ring is 1. The van der Waals surface area contributed by atoms with Gasteiger partial charge in [-0.1, -0.05) is 18.2 Å². The Bertz CT molecular complexity index is 1060. The molecule has 3 aromatic heterocycles. The maximum absolute atomic E-state index is 12.2. The molecule has 7 heteroatoms. The number of rotatable bonds is 1. The highest BCUT2D eigenvalue weighted by molar-refractivity contribution is 6.02. The van der Waals surface area contributed by atoms with E-state index in [1.165, 1.54) is 6.33 Å². The number of benzene rings is 1. The zero-order valence-corrected chi connectivity index (χ0v) is 11.8. The first-order chi connectivity index (χ1) is 10.7. The molecule has 1 aromatic carbocycles. The summed E-state index contributed by atoms with van der Waals surface area (Å²) >= 11 is 0. The van der Waals surface area contributed by atoms with Crippen molar-refractivity contribution in [2.75, 3.05) is 5.84 Å². The molecular weight excluding hydrogens is 280 g/mol. The van der Waals surface area contributed by atoms with Crippen molar-refractivity contribution >= 4 is 21.9 Å².